The number of carbonyl (C=O) groups is 1. The predicted molar refractivity (Wildman–Crippen MR) is 103 cm³/mol. The predicted octanol–water partition coefficient (Wildman–Crippen LogP) is 4.17. The summed E-state index contributed by atoms with van der Waals surface area (Å²) in [5.74, 6) is -0.928. The van der Waals surface area contributed by atoms with Crippen molar-refractivity contribution < 1.29 is 17.6 Å². The molecular formula is C18H17Cl2FN2O3S. The van der Waals surface area contributed by atoms with Crippen molar-refractivity contribution in [2.45, 2.75) is 17.7 Å². The fourth-order valence-corrected chi connectivity index (χ4v) is 5.56. The third kappa shape index (κ3) is 4.43. The van der Waals surface area contributed by atoms with E-state index in [1.807, 2.05) is 0 Å². The Labute approximate surface area is 167 Å². The molecule has 9 heteroatoms. The highest BCUT2D eigenvalue weighted by Crippen LogP contribution is 2.33. The molecule has 0 spiro atoms. The highest BCUT2D eigenvalue weighted by atomic mass is 35.5. The first-order valence-corrected chi connectivity index (χ1v) is 10.5. The zero-order valence-electron chi connectivity index (χ0n) is 14.2. The van der Waals surface area contributed by atoms with Gasteiger partial charge in [-0.3, -0.25) is 4.79 Å². The largest absolute Gasteiger partial charge is 0.326 e. The van der Waals surface area contributed by atoms with Gasteiger partial charge in [-0.1, -0.05) is 29.3 Å². The van der Waals surface area contributed by atoms with Crippen LogP contribution in [-0.4, -0.2) is 31.7 Å². The topological polar surface area (TPSA) is 66.5 Å². The van der Waals surface area contributed by atoms with Crippen LogP contribution < -0.4 is 5.32 Å². The van der Waals surface area contributed by atoms with Gasteiger partial charge in [0.1, 0.15) is 10.7 Å². The van der Waals surface area contributed by atoms with Crippen LogP contribution in [0.2, 0.25) is 10.0 Å². The van der Waals surface area contributed by atoms with E-state index in [-0.39, 0.29) is 45.7 Å². The SMILES string of the molecule is O=C(Nc1ccc(F)cc1)C1CCN(S(=O)(=O)c2c(Cl)cccc2Cl)CC1. The van der Waals surface area contributed by atoms with Crippen molar-refractivity contribution in [2.24, 2.45) is 5.92 Å². The first-order chi connectivity index (χ1) is 12.8. The number of nitrogens with zero attached hydrogens (tertiary/aromatic N) is 1. The summed E-state index contributed by atoms with van der Waals surface area (Å²) in [5.41, 5.74) is 0.499. The van der Waals surface area contributed by atoms with Gasteiger partial charge in [0.15, 0.2) is 0 Å². The van der Waals surface area contributed by atoms with Crippen molar-refractivity contribution in [1.29, 1.82) is 0 Å². The number of amides is 1. The van der Waals surface area contributed by atoms with E-state index in [9.17, 15) is 17.6 Å². The molecule has 0 atom stereocenters. The third-order valence-electron chi connectivity index (χ3n) is 4.45. The Morgan fingerprint density at radius 1 is 1.04 bits per heavy atom. The summed E-state index contributed by atoms with van der Waals surface area (Å²) in [6.07, 6.45) is 0.739. The standard InChI is InChI=1S/C18H17Cl2FN2O3S/c19-15-2-1-3-16(20)17(15)27(25,26)23-10-8-12(9-11-23)18(24)22-14-6-4-13(21)5-7-14/h1-7,12H,8-11H2,(H,22,24). The maximum absolute atomic E-state index is 12.9. The van der Waals surface area contributed by atoms with Gasteiger partial charge in [0.25, 0.3) is 0 Å². The lowest BCUT2D eigenvalue weighted by Crippen LogP contribution is -2.41. The molecule has 27 heavy (non-hydrogen) atoms. The number of benzene rings is 2. The van der Waals surface area contributed by atoms with Gasteiger partial charge < -0.3 is 5.32 Å². The average Bonchev–Trinajstić information content (AvgIpc) is 2.63. The van der Waals surface area contributed by atoms with E-state index in [2.05, 4.69) is 5.32 Å². The minimum atomic E-state index is -3.84. The highest BCUT2D eigenvalue weighted by Gasteiger charge is 2.34. The summed E-state index contributed by atoms with van der Waals surface area (Å²) in [6.45, 7) is 0.372. The van der Waals surface area contributed by atoms with Crippen molar-refractivity contribution in [3.05, 3.63) is 58.3 Å². The Balaban J connectivity index is 1.66. The first-order valence-electron chi connectivity index (χ1n) is 8.29. The van der Waals surface area contributed by atoms with Gasteiger partial charge in [0.05, 0.1) is 10.0 Å². The van der Waals surface area contributed by atoms with Crippen LogP contribution in [0.4, 0.5) is 10.1 Å². The van der Waals surface area contributed by atoms with Gasteiger partial charge in [-0.2, -0.15) is 4.31 Å². The van der Waals surface area contributed by atoms with Crippen LogP contribution in [-0.2, 0) is 14.8 Å². The molecule has 2 aromatic rings. The number of rotatable bonds is 4. The van der Waals surface area contributed by atoms with Gasteiger partial charge >= 0.3 is 0 Å². The second-order valence-corrected chi connectivity index (χ2v) is 8.91. The maximum atomic E-state index is 12.9. The van der Waals surface area contributed by atoms with E-state index in [0.717, 1.165) is 0 Å². The van der Waals surface area contributed by atoms with E-state index in [4.69, 9.17) is 23.2 Å². The molecule has 0 saturated carbocycles. The molecule has 0 aromatic heterocycles. The average molecular weight is 431 g/mol. The number of anilines is 1. The lowest BCUT2D eigenvalue weighted by atomic mass is 9.97. The molecule has 144 valence electrons. The summed E-state index contributed by atoms with van der Waals surface area (Å²) >= 11 is 12.1. The van der Waals surface area contributed by atoms with Crippen LogP contribution in [0.1, 0.15) is 12.8 Å². The first kappa shape index (κ1) is 20.1. The van der Waals surface area contributed by atoms with Crippen molar-refractivity contribution in [3.63, 3.8) is 0 Å². The van der Waals surface area contributed by atoms with Crippen LogP contribution in [0.5, 0.6) is 0 Å². The number of sulfonamides is 1. The second kappa shape index (κ2) is 8.14. The highest BCUT2D eigenvalue weighted by molar-refractivity contribution is 7.89. The molecule has 1 fully saturated rings. The summed E-state index contributed by atoms with van der Waals surface area (Å²) in [6, 6.07) is 10.0. The Morgan fingerprint density at radius 2 is 1.59 bits per heavy atom. The van der Waals surface area contributed by atoms with Gasteiger partial charge in [-0.05, 0) is 49.2 Å². The van der Waals surface area contributed by atoms with Crippen molar-refractivity contribution >= 4 is 44.8 Å². The summed E-state index contributed by atoms with van der Waals surface area (Å²) < 4.78 is 39.9. The molecular weight excluding hydrogens is 414 g/mol. The van der Waals surface area contributed by atoms with E-state index >= 15 is 0 Å². The summed E-state index contributed by atoms with van der Waals surface area (Å²) in [5, 5.41) is 2.86. The Morgan fingerprint density at radius 3 is 2.15 bits per heavy atom. The molecule has 2 aromatic carbocycles. The Bertz CT molecular complexity index is 923. The molecule has 3 rings (SSSR count). The molecule has 1 aliphatic rings. The van der Waals surface area contributed by atoms with E-state index in [1.54, 1.807) is 6.07 Å². The van der Waals surface area contributed by atoms with Gasteiger partial charge in [0.2, 0.25) is 15.9 Å². The lowest BCUT2D eigenvalue weighted by molar-refractivity contribution is -0.120. The molecule has 1 saturated heterocycles. The minimum absolute atomic E-state index is 0.0682. The smallest absolute Gasteiger partial charge is 0.246 e. The van der Waals surface area contributed by atoms with Crippen LogP contribution in [0.3, 0.4) is 0 Å². The quantitative estimate of drug-likeness (QED) is 0.790. The molecule has 1 amide bonds. The van der Waals surface area contributed by atoms with Crippen LogP contribution >= 0.6 is 23.2 Å². The normalized spacial score (nSPS) is 16.3. The number of nitrogens with one attached hydrogen (secondary N) is 1. The van der Waals surface area contributed by atoms with Gasteiger partial charge in [-0.15, -0.1) is 0 Å². The lowest BCUT2D eigenvalue weighted by Gasteiger charge is -2.31. The molecule has 1 heterocycles. The zero-order valence-corrected chi connectivity index (χ0v) is 16.5. The summed E-state index contributed by atoms with van der Waals surface area (Å²) in [7, 11) is -3.84. The van der Waals surface area contributed by atoms with E-state index in [0.29, 0.717) is 18.5 Å². The molecule has 1 aliphatic heterocycles. The third-order valence-corrected chi connectivity index (χ3v) is 7.31. The molecule has 0 bridgehead atoms. The van der Waals surface area contributed by atoms with Crippen molar-refractivity contribution in [3.8, 4) is 0 Å². The number of halogens is 3. The van der Waals surface area contributed by atoms with Gasteiger partial charge in [0, 0.05) is 24.7 Å². The molecule has 0 unspecified atom stereocenters. The van der Waals surface area contributed by atoms with E-state index < -0.39 is 10.0 Å². The molecule has 0 aliphatic carbocycles. The zero-order chi connectivity index (χ0) is 19.6. The van der Waals surface area contributed by atoms with E-state index in [1.165, 1.54) is 40.7 Å². The van der Waals surface area contributed by atoms with Crippen LogP contribution in [0.25, 0.3) is 0 Å². The van der Waals surface area contributed by atoms with Gasteiger partial charge in [-0.25, -0.2) is 12.8 Å². The maximum Gasteiger partial charge on any atom is 0.246 e. The van der Waals surface area contributed by atoms with Crippen LogP contribution in [0.15, 0.2) is 47.4 Å². The Hall–Kier alpha value is -1.67. The van der Waals surface area contributed by atoms with Crippen molar-refractivity contribution in [2.75, 3.05) is 18.4 Å². The molecule has 1 N–H and O–H groups in total. The molecule has 0 radical (unpaired) electrons. The fourth-order valence-electron chi connectivity index (χ4n) is 2.99. The minimum Gasteiger partial charge on any atom is -0.326 e. The number of carbonyl (C=O) groups excluding carboxylic acids is 1. The monoisotopic (exact) mass is 430 g/mol. The molecule has 5 nitrogen and oxygen atoms in total. The van der Waals surface area contributed by atoms with Crippen LogP contribution in [0, 0.1) is 11.7 Å². The summed E-state index contributed by atoms with van der Waals surface area (Å²) in [4.78, 5) is 12.3. The Kier molecular flexibility index (Phi) is 6.05. The fraction of sp³-hybridized carbons (Fsp3) is 0.278. The number of hydrogen-bond acceptors (Lipinski definition) is 3. The number of piperidine rings is 1. The number of hydrogen-bond donors (Lipinski definition) is 1. The van der Waals surface area contributed by atoms with Crippen molar-refractivity contribution in [1.82, 2.24) is 4.31 Å². The second-order valence-electron chi connectivity index (χ2n) is 6.23.